The summed E-state index contributed by atoms with van der Waals surface area (Å²) in [5.74, 6) is -0.582. The van der Waals surface area contributed by atoms with E-state index < -0.39 is 0 Å². The number of rotatable bonds is 4. The molecule has 0 aliphatic rings. The fourth-order valence-electron chi connectivity index (χ4n) is 1.47. The minimum absolute atomic E-state index is 0.0354. The highest BCUT2D eigenvalue weighted by atomic mass is 35.5. The third-order valence-corrected chi connectivity index (χ3v) is 3.05. The van der Waals surface area contributed by atoms with Gasteiger partial charge in [-0.3, -0.25) is 9.59 Å². The van der Waals surface area contributed by atoms with Crippen molar-refractivity contribution < 1.29 is 9.59 Å². The third kappa shape index (κ3) is 4.01. The van der Waals surface area contributed by atoms with E-state index in [0.717, 1.165) is 0 Å². The van der Waals surface area contributed by atoms with E-state index in [9.17, 15) is 9.59 Å². The van der Waals surface area contributed by atoms with Gasteiger partial charge in [-0.1, -0.05) is 23.2 Å². The van der Waals surface area contributed by atoms with Crippen molar-refractivity contribution in [1.29, 1.82) is 0 Å². The number of carbonyl (C=O) groups is 2. The Labute approximate surface area is 121 Å². The first-order chi connectivity index (χ1) is 8.86. The van der Waals surface area contributed by atoms with E-state index in [2.05, 4.69) is 5.32 Å². The molecule has 0 spiro atoms. The standard InChI is InChI=1S/C12H15Cl2N3O2/c1-3-16-10(18)6-17(2)12(19)7-4-8(13)11(15)9(14)5-7/h4-5H,3,6,15H2,1-2H3,(H,16,18). The molecule has 0 unspecified atom stereocenters. The number of hydrogen-bond acceptors (Lipinski definition) is 3. The topological polar surface area (TPSA) is 75.4 Å². The molecular formula is C12H15Cl2N3O2. The van der Waals surface area contributed by atoms with Crippen LogP contribution in [-0.2, 0) is 4.79 Å². The van der Waals surface area contributed by atoms with Gasteiger partial charge in [0.15, 0.2) is 0 Å². The predicted octanol–water partition coefficient (Wildman–Crippen LogP) is 1.78. The number of nitrogen functional groups attached to an aromatic ring is 1. The van der Waals surface area contributed by atoms with E-state index in [1.807, 2.05) is 0 Å². The molecule has 0 atom stereocenters. The summed E-state index contributed by atoms with van der Waals surface area (Å²) >= 11 is 11.7. The second-order valence-corrected chi connectivity index (χ2v) is 4.78. The summed E-state index contributed by atoms with van der Waals surface area (Å²) in [6.45, 7) is 2.28. The molecule has 104 valence electrons. The van der Waals surface area contributed by atoms with Crippen LogP contribution in [0.1, 0.15) is 17.3 Å². The van der Waals surface area contributed by atoms with Gasteiger partial charge in [-0.2, -0.15) is 0 Å². The van der Waals surface area contributed by atoms with Gasteiger partial charge in [-0.05, 0) is 19.1 Å². The average molecular weight is 304 g/mol. The molecule has 19 heavy (non-hydrogen) atoms. The molecule has 1 aromatic rings. The van der Waals surface area contributed by atoms with E-state index in [0.29, 0.717) is 6.54 Å². The molecule has 0 bridgehead atoms. The minimum atomic E-state index is -0.352. The molecule has 5 nitrogen and oxygen atoms in total. The van der Waals surface area contributed by atoms with Crippen molar-refractivity contribution in [3.63, 3.8) is 0 Å². The van der Waals surface area contributed by atoms with E-state index >= 15 is 0 Å². The van der Waals surface area contributed by atoms with E-state index in [1.54, 1.807) is 6.92 Å². The third-order valence-electron chi connectivity index (χ3n) is 2.43. The molecule has 0 saturated carbocycles. The zero-order chi connectivity index (χ0) is 14.6. The zero-order valence-electron chi connectivity index (χ0n) is 10.7. The number of carbonyl (C=O) groups excluding carboxylic acids is 2. The molecule has 1 aromatic carbocycles. The zero-order valence-corrected chi connectivity index (χ0v) is 12.2. The average Bonchev–Trinajstić information content (AvgIpc) is 2.34. The summed E-state index contributed by atoms with van der Waals surface area (Å²) in [6, 6.07) is 2.86. The second kappa shape index (κ2) is 6.63. The van der Waals surface area contributed by atoms with Crippen molar-refractivity contribution in [2.45, 2.75) is 6.92 Å². The molecule has 2 amide bonds. The van der Waals surface area contributed by atoms with Gasteiger partial charge < -0.3 is 16.0 Å². The Hall–Kier alpha value is -1.46. The lowest BCUT2D eigenvalue weighted by molar-refractivity contribution is -0.121. The van der Waals surface area contributed by atoms with Crippen molar-refractivity contribution in [3.05, 3.63) is 27.7 Å². The molecule has 1 rings (SSSR count). The predicted molar refractivity (Wildman–Crippen MR) is 76.5 cm³/mol. The van der Waals surface area contributed by atoms with Crippen LogP contribution in [0.25, 0.3) is 0 Å². The highest BCUT2D eigenvalue weighted by molar-refractivity contribution is 6.39. The number of hydrogen-bond donors (Lipinski definition) is 2. The summed E-state index contributed by atoms with van der Waals surface area (Å²) in [7, 11) is 1.52. The van der Waals surface area contributed by atoms with Crippen LogP contribution in [0.3, 0.4) is 0 Å². The van der Waals surface area contributed by atoms with Crippen LogP contribution >= 0.6 is 23.2 Å². The van der Waals surface area contributed by atoms with E-state index in [1.165, 1.54) is 24.1 Å². The van der Waals surface area contributed by atoms with Crippen LogP contribution in [-0.4, -0.2) is 36.9 Å². The number of halogens is 2. The number of likely N-dealkylation sites (N-methyl/N-ethyl adjacent to an activating group) is 2. The maximum Gasteiger partial charge on any atom is 0.254 e. The van der Waals surface area contributed by atoms with Gasteiger partial charge in [0, 0.05) is 19.2 Å². The smallest absolute Gasteiger partial charge is 0.254 e. The van der Waals surface area contributed by atoms with Crippen molar-refractivity contribution in [2.24, 2.45) is 0 Å². The highest BCUT2D eigenvalue weighted by Crippen LogP contribution is 2.29. The Balaban J connectivity index is 2.85. The summed E-state index contributed by atoms with van der Waals surface area (Å²) in [5, 5.41) is 3.03. The van der Waals surface area contributed by atoms with Crippen LogP contribution in [0.4, 0.5) is 5.69 Å². The monoisotopic (exact) mass is 303 g/mol. The first-order valence-corrected chi connectivity index (χ1v) is 6.39. The Morgan fingerprint density at radius 1 is 1.32 bits per heavy atom. The number of nitrogens with two attached hydrogens (primary N) is 1. The van der Waals surface area contributed by atoms with Crippen molar-refractivity contribution in [1.82, 2.24) is 10.2 Å². The molecule has 0 heterocycles. The van der Waals surface area contributed by atoms with Gasteiger partial charge in [0.1, 0.15) is 0 Å². The number of benzene rings is 1. The number of nitrogens with zero attached hydrogens (tertiary/aromatic N) is 1. The van der Waals surface area contributed by atoms with Crippen molar-refractivity contribution in [2.75, 3.05) is 25.9 Å². The largest absolute Gasteiger partial charge is 0.396 e. The van der Waals surface area contributed by atoms with Gasteiger partial charge in [0.2, 0.25) is 5.91 Å². The summed E-state index contributed by atoms with van der Waals surface area (Å²) in [4.78, 5) is 24.8. The Morgan fingerprint density at radius 2 is 1.84 bits per heavy atom. The molecule has 0 fully saturated rings. The van der Waals surface area contributed by atoms with Gasteiger partial charge in [0.25, 0.3) is 5.91 Å². The van der Waals surface area contributed by atoms with Crippen LogP contribution in [0, 0.1) is 0 Å². The van der Waals surface area contributed by atoms with Crippen LogP contribution in [0.2, 0.25) is 10.0 Å². The Kier molecular flexibility index (Phi) is 5.44. The molecule has 7 heteroatoms. The van der Waals surface area contributed by atoms with Crippen molar-refractivity contribution in [3.8, 4) is 0 Å². The number of nitrogens with one attached hydrogen (secondary N) is 1. The van der Waals surface area contributed by atoms with Crippen LogP contribution in [0.5, 0.6) is 0 Å². The van der Waals surface area contributed by atoms with E-state index in [4.69, 9.17) is 28.9 Å². The summed E-state index contributed by atoms with van der Waals surface area (Å²) in [5.41, 5.74) is 6.11. The maximum absolute atomic E-state index is 12.1. The minimum Gasteiger partial charge on any atom is -0.396 e. The Bertz CT molecular complexity index is 483. The highest BCUT2D eigenvalue weighted by Gasteiger charge is 2.17. The molecule has 0 aliphatic heterocycles. The van der Waals surface area contributed by atoms with Gasteiger partial charge in [0.05, 0.1) is 22.3 Å². The normalized spacial score (nSPS) is 10.1. The number of amides is 2. The lowest BCUT2D eigenvalue weighted by atomic mass is 10.2. The lowest BCUT2D eigenvalue weighted by Gasteiger charge is -2.17. The second-order valence-electron chi connectivity index (χ2n) is 3.97. The fraction of sp³-hybridized carbons (Fsp3) is 0.333. The van der Waals surface area contributed by atoms with Crippen LogP contribution < -0.4 is 11.1 Å². The maximum atomic E-state index is 12.1. The van der Waals surface area contributed by atoms with Gasteiger partial charge in [-0.15, -0.1) is 0 Å². The van der Waals surface area contributed by atoms with E-state index in [-0.39, 0.29) is 39.7 Å². The molecular weight excluding hydrogens is 289 g/mol. The first kappa shape index (κ1) is 15.6. The van der Waals surface area contributed by atoms with Gasteiger partial charge >= 0.3 is 0 Å². The van der Waals surface area contributed by atoms with Crippen molar-refractivity contribution >= 4 is 40.7 Å². The fourth-order valence-corrected chi connectivity index (χ4v) is 1.96. The Morgan fingerprint density at radius 3 is 2.32 bits per heavy atom. The first-order valence-electron chi connectivity index (χ1n) is 5.63. The molecule has 0 radical (unpaired) electrons. The molecule has 0 aliphatic carbocycles. The summed E-state index contributed by atoms with van der Waals surface area (Å²) < 4.78 is 0. The summed E-state index contributed by atoms with van der Waals surface area (Å²) in [6.07, 6.45) is 0. The molecule has 0 saturated heterocycles. The molecule has 3 N–H and O–H groups in total. The number of anilines is 1. The lowest BCUT2D eigenvalue weighted by Crippen LogP contribution is -2.38. The SMILES string of the molecule is CCNC(=O)CN(C)C(=O)c1cc(Cl)c(N)c(Cl)c1. The van der Waals surface area contributed by atoms with Gasteiger partial charge in [-0.25, -0.2) is 0 Å². The van der Waals surface area contributed by atoms with Crippen LogP contribution in [0.15, 0.2) is 12.1 Å². The quantitative estimate of drug-likeness (QED) is 0.833. The molecule has 0 aromatic heterocycles.